The minimum atomic E-state index is -0.342. The molecule has 0 aliphatic carbocycles. The number of carbonyl (C=O) groups is 1. The molecule has 1 aromatic carbocycles. The van der Waals surface area contributed by atoms with E-state index in [0.29, 0.717) is 23.9 Å². The molecule has 0 unspecified atom stereocenters. The van der Waals surface area contributed by atoms with Crippen LogP contribution in [0.2, 0.25) is 0 Å². The van der Waals surface area contributed by atoms with Gasteiger partial charge in [0.2, 0.25) is 11.8 Å². The Balaban J connectivity index is 2.02. The number of aromatic nitrogens is 2. The van der Waals surface area contributed by atoms with Gasteiger partial charge in [-0.05, 0) is 31.3 Å². The van der Waals surface area contributed by atoms with Crippen LogP contribution in [0.25, 0.3) is 11.5 Å². The summed E-state index contributed by atoms with van der Waals surface area (Å²) in [6, 6.07) is 5.76. The number of hydrogen-bond acceptors (Lipinski definition) is 6. The Hall–Kier alpha value is -2.28. The standard InChI is InChI=1S/C13H14FN3O3/c1-17(8-12(18)19-2)7-11-15-16-13(20-11)9-3-5-10(14)6-4-9/h3-6H,7-8H2,1-2H3. The van der Waals surface area contributed by atoms with E-state index in [1.54, 1.807) is 24.1 Å². The topological polar surface area (TPSA) is 68.5 Å². The van der Waals surface area contributed by atoms with Crippen LogP contribution >= 0.6 is 0 Å². The van der Waals surface area contributed by atoms with Crippen molar-refractivity contribution in [2.24, 2.45) is 0 Å². The Bertz CT molecular complexity index is 583. The number of rotatable bonds is 5. The Labute approximate surface area is 115 Å². The molecule has 0 radical (unpaired) electrons. The number of halogens is 1. The van der Waals surface area contributed by atoms with Gasteiger partial charge in [0.05, 0.1) is 20.2 Å². The van der Waals surface area contributed by atoms with Crippen LogP contribution in [0.1, 0.15) is 5.89 Å². The van der Waals surface area contributed by atoms with Gasteiger partial charge in [0.1, 0.15) is 5.82 Å². The monoisotopic (exact) mass is 279 g/mol. The predicted octanol–water partition coefficient (Wildman–Crippen LogP) is 1.48. The third-order valence-corrected chi connectivity index (χ3v) is 2.59. The molecule has 1 heterocycles. The van der Waals surface area contributed by atoms with E-state index in [-0.39, 0.29) is 18.3 Å². The molecule has 0 N–H and O–H groups in total. The number of nitrogens with zero attached hydrogens (tertiary/aromatic N) is 3. The fourth-order valence-electron chi connectivity index (χ4n) is 1.60. The summed E-state index contributed by atoms with van der Waals surface area (Å²) in [6.45, 7) is 0.452. The van der Waals surface area contributed by atoms with Gasteiger partial charge in [-0.1, -0.05) is 0 Å². The van der Waals surface area contributed by atoms with Crippen LogP contribution in [0.5, 0.6) is 0 Å². The van der Waals surface area contributed by atoms with Gasteiger partial charge >= 0.3 is 5.97 Å². The van der Waals surface area contributed by atoms with Crippen LogP contribution < -0.4 is 0 Å². The van der Waals surface area contributed by atoms with Gasteiger partial charge in [0, 0.05) is 5.56 Å². The SMILES string of the molecule is COC(=O)CN(C)Cc1nnc(-c2ccc(F)cc2)o1. The summed E-state index contributed by atoms with van der Waals surface area (Å²) in [7, 11) is 3.06. The fraction of sp³-hybridized carbons (Fsp3) is 0.308. The molecular formula is C13H14FN3O3. The van der Waals surface area contributed by atoms with Crippen LogP contribution in [0, 0.1) is 5.82 Å². The first-order valence-electron chi connectivity index (χ1n) is 5.92. The highest BCUT2D eigenvalue weighted by Gasteiger charge is 2.12. The number of hydrogen-bond donors (Lipinski definition) is 0. The van der Waals surface area contributed by atoms with E-state index in [1.807, 2.05) is 0 Å². The number of ether oxygens (including phenoxy) is 1. The lowest BCUT2D eigenvalue weighted by Gasteiger charge is -2.11. The molecule has 0 aliphatic rings. The molecule has 0 amide bonds. The molecule has 7 heteroatoms. The molecule has 0 bridgehead atoms. The molecule has 0 aliphatic heterocycles. The van der Waals surface area contributed by atoms with Crippen molar-refractivity contribution < 1.29 is 18.3 Å². The number of carbonyl (C=O) groups excluding carboxylic acids is 1. The van der Waals surface area contributed by atoms with Crippen LogP contribution in [0.4, 0.5) is 4.39 Å². The molecule has 0 saturated carbocycles. The maximum Gasteiger partial charge on any atom is 0.319 e. The predicted molar refractivity (Wildman–Crippen MR) is 68.0 cm³/mol. The van der Waals surface area contributed by atoms with Gasteiger partial charge in [0.25, 0.3) is 0 Å². The zero-order chi connectivity index (χ0) is 14.5. The molecular weight excluding hydrogens is 265 g/mol. The zero-order valence-corrected chi connectivity index (χ0v) is 11.2. The number of benzene rings is 1. The molecule has 0 fully saturated rings. The van der Waals surface area contributed by atoms with Crippen LogP contribution in [-0.4, -0.2) is 41.8 Å². The summed E-state index contributed by atoms with van der Waals surface area (Å²) < 4.78 is 22.8. The first-order chi connectivity index (χ1) is 9.58. The van der Waals surface area contributed by atoms with Crippen molar-refractivity contribution in [1.82, 2.24) is 15.1 Å². The summed E-state index contributed by atoms with van der Waals surface area (Å²) in [6.07, 6.45) is 0. The van der Waals surface area contributed by atoms with Gasteiger partial charge in [0.15, 0.2) is 0 Å². The van der Waals surface area contributed by atoms with E-state index in [9.17, 15) is 9.18 Å². The largest absolute Gasteiger partial charge is 0.468 e. The maximum atomic E-state index is 12.8. The second-order valence-electron chi connectivity index (χ2n) is 4.26. The van der Waals surface area contributed by atoms with Gasteiger partial charge < -0.3 is 9.15 Å². The lowest BCUT2D eigenvalue weighted by atomic mass is 10.2. The average molecular weight is 279 g/mol. The molecule has 0 atom stereocenters. The van der Waals surface area contributed by atoms with Crippen LogP contribution in [-0.2, 0) is 16.1 Å². The summed E-state index contributed by atoms with van der Waals surface area (Å²) in [5.74, 6) is 0.0132. The fourth-order valence-corrected chi connectivity index (χ4v) is 1.60. The van der Waals surface area contributed by atoms with Crippen molar-refractivity contribution in [3.63, 3.8) is 0 Å². The third kappa shape index (κ3) is 3.61. The molecule has 106 valence electrons. The molecule has 20 heavy (non-hydrogen) atoms. The average Bonchev–Trinajstić information content (AvgIpc) is 2.87. The Morgan fingerprint density at radius 1 is 1.35 bits per heavy atom. The second-order valence-corrected chi connectivity index (χ2v) is 4.26. The number of esters is 1. The number of likely N-dealkylation sites (N-methyl/N-ethyl adjacent to an activating group) is 1. The van der Waals surface area contributed by atoms with E-state index in [1.165, 1.54) is 19.2 Å². The first-order valence-corrected chi connectivity index (χ1v) is 5.92. The van der Waals surface area contributed by atoms with E-state index >= 15 is 0 Å². The van der Waals surface area contributed by atoms with Crippen molar-refractivity contribution >= 4 is 5.97 Å². The third-order valence-electron chi connectivity index (χ3n) is 2.59. The molecule has 0 spiro atoms. The minimum absolute atomic E-state index is 0.130. The molecule has 2 aromatic rings. The lowest BCUT2D eigenvalue weighted by Crippen LogP contribution is -2.26. The van der Waals surface area contributed by atoms with Gasteiger partial charge in [-0.25, -0.2) is 4.39 Å². The highest BCUT2D eigenvalue weighted by atomic mass is 19.1. The Morgan fingerprint density at radius 3 is 2.70 bits per heavy atom. The normalized spacial score (nSPS) is 10.8. The second kappa shape index (κ2) is 6.25. The number of methoxy groups -OCH3 is 1. The molecule has 1 aromatic heterocycles. The van der Waals surface area contributed by atoms with Crippen molar-refractivity contribution in [2.75, 3.05) is 20.7 Å². The van der Waals surface area contributed by atoms with E-state index in [2.05, 4.69) is 14.9 Å². The minimum Gasteiger partial charge on any atom is -0.468 e. The van der Waals surface area contributed by atoms with Gasteiger partial charge in [-0.2, -0.15) is 0 Å². The lowest BCUT2D eigenvalue weighted by molar-refractivity contribution is -0.141. The highest BCUT2D eigenvalue weighted by Crippen LogP contribution is 2.18. The maximum absolute atomic E-state index is 12.8. The first kappa shape index (κ1) is 14.1. The summed E-state index contributed by atoms with van der Waals surface area (Å²) in [4.78, 5) is 12.8. The highest BCUT2D eigenvalue weighted by molar-refractivity contribution is 5.71. The molecule has 6 nitrogen and oxygen atoms in total. The van der Waals surface area contributed by atoms with Crippen LogP contribution in [0.15, 0.2) is 28.7 Å². The van der Waals surface area contributed by atoms with Crippen LogP contribution in [0.3, 0.4) is 0 Å². The quantitative estimate of drug-likeness (QED) is 0.772. The Kier molecular flexibility index (Phi) is 4.41. The Morgan fingerprint density at radius 2 is 2.05 bits per heavy atom. The summed E-state index contributed by atoms with van der Waals surface area (Å²) >= 11 is 0. The van der Waals surface area contributed by atoms with Crippen molar-refractivity contribution in [3.8, 4) is 11.5 Å². The van der Waals surface area contributed by atoms with E-state index in [4.69, 9.17) is 4.42 Å². The molecule has 2 rings (SSSR count). The van der Waals surface area contributed by atoms with E-state index in [0.717, 1.165) is 0 Å². The molecule has 0 saturated heterocycles. The van der Waals surface area contributed by atoms with E-state index < -0.39 is 0 Å². The van der Waals surface area contributed by atoms with Gasteiger partial charge in [-0.3, -0.25) is 9.69 Å². The van der Waals surface area contributed by atoms with Crippen molar-refractivity contribution in [2.45, 2.75) is 6.54 Å². The van der Waals surface area contributed by atoms with Crippen molar-refractivity contribution in [3.05, 3.63) is 36.0 Å². The van der Waals surface area contributed by atoms with Gasteiger partial charge in [-0.15, -0.1) is 10.2 Å². The summed E-state index contributed by atoms with van der Waals surface area (Å²) in [5.41, 5.74) is 0.640. The van der Waals surface area contributed by atoms with Crippen molar-refractivity contribution in [1.29, 1.82) is 0 Å². The summed E-state index contributed by atoms with van der Waals surface area (Å²) in [5, 5.41) is 7.77. The smallest absolute Gasteiger partial charge is 0.319 e. The zero-order valence-electron chi connectivity index (χ0n) is 11.2.